The molecule has 0 radical (unpaired) electrons. The Kier molecular flexibility index (Phi) is 4.12. The molecule has 1 heterocycles. The number of halogens is 1. The zero-order chi connectivity index (χ0) is 13.8. The number of hydrogen-bond donors (Lipinski definition) is 1. The van der Waals surface area contributed by atoms with E-state index in [0.29, 0.717) is 12.1 Å². The van der Waals surface area contributed by atoms with Crippen LogP contribution < -0.4 is 4.90 Å². The monoisotopic (exact) mass is 260 g/mol. The topological polar surface area (TPSA) is 36.4 Å². The maximum Gasteiger partial charge on any atom is 0.131 e. The molecular weight excluding hydrogens is 243 g/mol. The first-order valence-electron chi connectivity index (χ1n) is 6.12. The molecule has 19 heavy (non-hydrogen) atoms. The Bertz CT molecular complexity index is 572. The maximum absolute atomic E-state index is 13.6. The van der Waals surface area contributed by atoms with Gasteiger partial charge in [-0.05, 0) is 30.2 Å². The third-order valence-electron chi connectivity index (χ3n) is 3.02. The number of nitrogens with zero attached hydrogens (tertiary/aromatic N) is 2. The van der Waals surface area contributed by atoms with Gasteiger partial charge in [0.05, 0.1) is 6.61 Å². The summed E-state index contributed by atoms with van der Waals surface area (Å²) >= 11 is 0. The van der Waals surface area contributed by atoms with Crippen LogP contribution in [0.3, 0.4) is 0 Å². The lowest BCUT2D eigenvalue weighted by atomic mass is 10.1. The normalized spacial score (nSPS) is 10.5. The summed E-state index contributed by atoms with van der Waals surface area (Å²) in [6.45, 7) is 2.36. The van der Waals surface area contributed by atoms with Gasteiger partial charge < -0.3 is 10.0 Å². The first kappa shape index (κ1) is 13.5. The van der Waals surface area contributed by atoms with Crippen LogP contribution in [0.25, 0.3) is 0 Å². The second-order valence-electron chi connectivity index (χ2n) is 4.59. The van der Waals surface area contributed by atoms with Crippen molar-refractivity contribution in [2.45, 2.75) is 20.1 Å². The van der Waals surface area contributed by atoms with Gasteiger partial charge in [0.25, 0.3) is 0 Å². The Morgan fingerprint density at radius 1 is 1.32 bits per heavy atom. The van der Waals surface area contributed by atoms with Crippen LogP contribution in [-0.2, 0) is 13.2 Å². The van der Waals surface area contributed by atoms with Crippen LogP contribution in [0.4, 0.5) is 10.2 Å². The van der Waals surface area contributed by atoms with Gasteiger partial charge in [0.2, 0.25) is 0 Å². The van der Waals surface area contributed by atoms with Crippen molar-refractivity contribution in [1.82, 2.24) is 4.98 Å². The van der Waals surface area contributed by atoms with Crippen LogP contribution in [0.2, 0.25) is 0 Å². The average molecular weight is 260 g/mol. The van der Waals surface area contributed by atoms with Crippen molar-refractivity contribution in [3.8, 4) is 0 Å². The number of aliphatic hydroxyl groups is 1. The first-order valence-corrected chi connectivity index (χ1v) is 6.12. The third-order valence-corrected chi connectivity index (χ3v) is 3.02. The smallest absolute Gasteiger partial charge is 0.131 e. The molecule has 0 saturated carbocycles. The van der Waals surface area contributed by atoms with Crippen molar-refractivity contribution in [3.63, 3.8) is 0 Å². The highest BCUT2D eigenvalue weighted by molar-refractivity contribution is 5.47. The van der Waals surface area contributed by atoms with E-state index in [2.05, 4.69) is 4.98 Å². The van der Waals surface area contributed by atoms with Crippen molar-refractivity contribution in [1.29, 1.82) is 0 Å². The predicted molar refractivity (Wildman–Crippen MR) is 73.4 cm³/mol. The minimum absolute atomic E-state index is 0.0227. The quantitative estimate of drug-likeness (QED) is 0.918. The van der Waals surface area contributed by atoms with Gasteiger partial charge in [0.15, 0.2) is 0 Å². The molecule has 1 N–H and O–H groups in total. The number of benzene rings is 1. The summed E-state index contributed by atoms with van der Waals surface area (Å²) in [5.41, 5.74) is 2.38. The van der Waals surface area contributed by atoms with E-state index in [-0.39, 0.29) is 12.4 Å². The minimum Gasteiger partial charge on any atom is -0.392 e. The van der Waals surface area contributed by atoms with Gasteiger partial charge in [-0.2, -0.15) is 0 Å². The van der Waals surface area contributed by atoms with E-state index in [9.17, 15) is 4.39 Å². The molecule has 0 amide bonds. The standard InChI is InChI=1S/C15H17FN2O/c1-11-7-12(10-19)8-17-15(11)18(2)9-13-5-3-4-6-14(13)16/h3-8,19H,9-10H2,1-2H3. The summed E-state index contributed by atoms with van der Waals surface area (Å²) in [6.07, 6.45) is 1.64. The fourth-order valence-corrected chi connectivity index (χ4v) is 2.07. The molecule has 3 nitrogen and oxygen atoms in total. The summed E-state index contributed by atoms with van der Waals surface area (Å²) in [5.74, 6) is 0.583. The molecule has 0 bridgehead atoms. The Morgan fingerprint density at radius 2 is 2.05 bits per heavy atom. The van der Waals surface area contributed by atoms with E-state index < -0.39 is 0 Å². The van der Waals surface area contributed by atoms with E-state index in [1.807, 2.05) is 31.0 Å². The van der Waals surface area contributed by atoms with Gasteiger partial charge >= 0.3 is 0 Å². The predicted octanol–water partition coefficient (Wildman–Crippen LogP) is 2.66. The SMILES string of the molecule is Cc1cc(CO)cnc1N(C)Cc1ccccc1F. The average Bonchev–Trinajstić information content (AvgIpc) is 2.41. The Hall–Kier alpha value is -1.94. The molecule has 100 valence electrons. The molecule has 0 atom stereocenters. The molecule has 2 aromatic rings. The maximum atomic E-state index is 13.6. The van der Waals surface area contributed by atoms with E-state index in [4.69, 9.17) is 5.11 Å². The summed E-state index contributed by atoms with van der Waals surface area (Å²) in [6, 6.07) is 8.61. The van der Waals surface area contributed by atoms with E-state index in [1.165, 1.54) is 6.07 Å². The molecule has 1 aromatic carbocycles. The molecular formula is C15H17FN2O. The van der Waals surface area contributed by atoms with E-state index >= 15 is 0 Å². The molecule has 0 aliphatic carbocycles. The Morgan fingerprint density at radius 3 is 2.68 bits per heavy atom. The van der Waals surface area contributed by atoms with Crippen LogP contribution in [0, 0.1) is 12.7 Å². The number of hydrogen-bond acceptors (Lipinski definition) is 3. The lowest BCUT2D eigenvalue weighted by molar-refractivity contribution is 0.281. The summed E-state index contributed by atoms with van der Waals surface area (Å²) in [4.78, 5) is 6.22. The van der Waals surface area contributed by atoms with Gasteiger partial charge in [0.1, 0.15) is 11.6 Å². The van der Waals surface area contributed by atoms with Crippen LogP contribution >= 0.6 is 0 Å². The fourth-order valence-electron chi connectivity index (χ4n) is 2.07. The van der Waals surface area contributed by atoms with Crippen LogP contribution in [0.1, 0.15) is 16.7 Å². The van der Waals surface area contributed by atoms with E-state index in [0.717, 1.165) is 16.9 Å². The van der Waals surface area contributed by atoms with Crippen LogP contribution in [0.5, 0.6) is 0 Å². The van der Waals surface area contributed by atoms with E-state index in [1.54, 1.807) is 18.3 Å². The third kappa shape index (κ3) is 3.09. The summed E-state index contributed by atoms with van der Waals surface area (Å²) < 4.78 is 13.6. The van der Waals surface area contributed by atoms with Crippen LogP contribution in [-0.4, -0.2) is 17.1 Å². The number of aromatic nitrogens is 1. The fraction of sp³-hybridized carbons (Fsp3) is 0.267. The van der Waals surface area contributed by atoms with Crippen molar-refractivity contribution < 1.29 is 9.50 Å². The van der Waals surface area contributed by atoms with Crippen molar-refractivity contribution in [3.05, 3.63) is 59.0 Å². The van der Waals surface area contributed by atoms with Crippen molar-refractivity contribution in [2.75, 3.05) is 11.9 Å². The first-order chi connectivity index (χ1) is 9.11. The second kappa shape index (κ2) is 5.80. The van der Waals surface area contributed by atoms with Gasteiger partial charge in [-0.25, -0.2) is 9.37 Å². The Balaban J connectivity index is 2.21. The lowest BCUT2D eigenvalue weighted by Gasteiger charge is -2.20. The zero-order valence-corrected chi connectivity index (χ0v) is 11.1. The Labute approximate surface area is 112 Å². The second-order valence-corrected chi connectivity index (χ2v) is 4.59. The van der Waals surface area contributed by atoms with Crippen molar-refractivity contribution >= 4 is 5.82 Å². The van der Waals surface area contributed by atoms with Gasteiger partial charge in [0, 0.05) is 25.4 Å². The highest BCUT2D eigenvalue weighted by Gasteiger charge is 2.10. The number of aryl methyl sites for hydroxylation is 1. The lowest BCUT2D eigenvalue weighted by Crippen LogP contribution is -2.19. The van der Waals surface area contributed by atoms with Gasteiger partial charge in [-0.15, -0.1) is 0 Å². The highest BCUT2D eigenvalue weighted by Crippen LogP contribution is 2.19. The number of rotatable bonds is 4. The molecule has 1 aromatic heterocycles. The molecule has 2 rings (SSSR count). The van der Waals surface area contributed by atoms with Crippen LogP contribution in [0.15, 0.2) is 36.5 Å². The van der Waals surface area contributed by atoms with Gasteiger partial charge in [-0.3, -0.25) is 0 Å². The number of anilines is 1. The summed E-state index contributed by atoms with van der Waals surface area (Å²) in [5, 5.41) is 9.06. The molecule has 0 spiro atoms. The molecule has 4 heteroatoms. The molecule has 0 aliphatic rings. The number of aliphatic hydroxyl groups excluding tert-OH is 1. The molecule has 0 fully saturated rings. The summed E-state index contributed by atoms with van der Waals surface area (Å²) in [7, 11) is 1.88. The van der Waals surface area contributed by atoms with Crippen molar-refractivity contribution in [2.24, 2.45) is 0 Å². The van der Waals surface area contributed by atoms with Gasteiger partial charge in [-0.1, -0.05) is 18.2 Å². The largest absolute Gasteiger partial charge is 0.392 e. The molecule has 0 aliphatic heterocycles. The number of pyridine rings is 1. The highest BCUT2D eigenvalue weighted by atomic mass is 19.1. The molecule has 0 unspecified atom stereocenters. The zero-order valence-electron chi connectivity index (χ0n) is 11.1. The molecule has 0 saturated heterocycles. The minimum atomic E-state index is -0.209.